The second-order valence-corrected chi connectivity index (χ2v) is 7.06. The van der Waals surface area contributed by atoms with Gasteiger partial charge < -0.3 is 10.2 Å². The highest BCUT2D eigenvalue weighted by Crippen LogP contribution is 2.42. The number of halogens is 1. The van der Waals surface area contributed by atoms with Gasteiger partial charge >= 0.3 is 0 Å². The summed E-state index contributed by atoms with van der Waals surface area (Å²) in [6.07, 6.45) is 0. The van der Waals surface area contributed by atoms with Gasteiger partial charge in [-0.3, -0.25) is 9.59 Å². The molecule has 1 aliphatic rings. The molecule has 1 aromatic rings. The molecule has 0 radical (unpaired) electrons. The number of nitrogens with zero attached hydrogens (tertiary/aromatic N) is 1. The van der Waals surface area contributed by atoms with E-state index in [1.54, 1.807) is 35.0 Å². The van der Waals surface area contributed by atoms with Gasteiger partial charge in [0.05, 0.1) is 9.54 Å². The second kappa shape index (κ2) is 5.41. The van der Waals surface area contributed by atoms with E-state index in [2.05, 4.69) is 21.2 Å². The molecule has 2 heterocycles. The average molecular weight is 335 g/mol. The SMILES string of the molecule is CNC(=O)CN1C(=O)CSC1c1ccc(Br)s1. The number of hydrogen-bond donors (Lipinski definition) is 1. The van der Waals surface area contributed by atoms with E-state index in [1.807, 2.05) is 12.1 Å². The van der Waals surface area contributed by atoms with Crippen LogP contribution in [0.2, 0.25) is 0 Å². The van der Waals surface area contributed by atoms with E-state index in [0.29, 0.717) is 5.75 Å². The number of thioether (sulfide) groups is 1. The van der Waals surface area contributed by atoms with Gasteiger partial charge in [-0.05, 0) is 28.1 Å². The average Bonchev–Trinajstić information content (AvgIpc) is 2.87. The first-order chi connectivity index (χ1) is 8.11. The molecule has 1 saturated heterocycles. The van der Waals surface area contributed by atoms with E-state index in [1.165, 1.54) is 0 Å². The molecule has 1 N–H and O–H groups in total. The molecule has 0 bridgehead atoms. The van der Waals surface area contributed by atoms with Gasteiger partial charge in [0.2, 0.25) is 11.8 Å². The van der Waals surface area contributed by atoms with Crippen molar-refractivity contribution in [3.05, 3.63) is 20.8 Å². The molecular weight excluding hydrogens is 324 g/mol. The van der Waals surface area contributed by atoms with Crippen molar-refractivity contribution >= 4 is 50.8 Å². The Morgan fingerprint density at radius 1 is 1.65 bits per heavy atom. The summed E-state index contributed by atoms with van der Waals surface area (Å²) < 4.78 is 1.03. The first-order valence-corrected chi connectivity index (χ1v) is 7.64. The van der Waals surface area contributed by atoms with Crippen LogP contribution in [-0.2, 0) is 9.59 Å². The number of carbonyl (C=O) groups excluding carboxylic acids is 2. The summed E-state index contributed by atoms with van der Waals surface area (Å²) in [4.78, 5) is 25.8. The minimum absolute atomic E-state index is 0.0214. The van der Waals surface area contributed by atoms with Crippen molar-refractivity contribution in [3.63, 3.8) is 0 Å². The Balaban J connectivity index is 2.16. The second-order valence-electron chi connectivity index (χ2n) is 3.50. The summed E-state index contributed by atoms with van der Waals surface area (Å²) in [5, 5.41) is 2.51. The standard InChI is InChI=1S/C10H11BrN2O2S2/c1-12-8(14)4-13-9(15)5-16-10(13)6-2-3-7(11)17-6/h2-3,10H,4-5H2,1H3,(H,12,14). The molecule has 4 nitrogen and oxygen atoms in total. The molecule has 0 spiro atoms. The third-order valence-electron chi connectivity index (χ3n) is 2.40. The fourth-order valence-corrected chi connectivity index (χ4v) is 4.40. The molecule has 0 aromatic carbocycles. The van der Waals surface area contributed by atoms with Crippen LogP contribution in [0.4, 0.5) is 0 Å². The summed E-state index contributed by atoms with van der Waals surface area (Å²) in [6, 6.07) is 3.95. The van der Waals surface area contributed by atoms with Gasteiger partial charge in [-0.25, -0.2) is 0 Å². The predicted molar refractivity (Wildman–Crippen MR) is 73.0 cm³/mol. The van der Waals surface area contributed by atoms with E-state index in [-0.39, 0.29) is 23.7 Å². The maximum atomic E-state index is 11.7. The topological polar surface area (TPSA) is 49.4 Å². The summed E-state index contributed by atoms with van der Waals surface area (Å²) in [5.74, 6) is 0.326. The van der Waals surface area contributed by atoms with Crippen molar-refractivity contribution < 1.29 is 9.59 Å². The molecular formula is C10H11BrN2O2S2. The lowest BCUT2D eigenvalue weighted by molar-refractivity contribution is -0.133. The summed E-state index contributed by atoms with van der Waals surface area (Å²) in [6.45, 7) is 0.127. The van der Waals surface area contributed by atoms with Crippen molar-refractivity contribution in [1.82, 2.24) is 10.2 Å². The zero-order valence-electron chi connectivity index (χ0n) is 9.10. The number of likely N-dealkylation sites (N-methyl/N-ethyl adjacent to an activating group) is 1. The Morgan fingerprint density at radius 2 is 2.41 bits per heavy atom. The Labute approximate surface area is 116 Å². The van der Waals surface area contributed by atoms with E-state index >= 15 is 0 Å². The van der Waals surface area contributed by atoms with Crippen LogP contribution in [0.3, 0.4) is 0 Å². The molecule has 92 valence electrons. The Morgan fingerprint density at radius 3 is 3.00 bits per heavy atom. The van der Waals surface area contributed by atoms with Crippen molar-refractivity contribution in [2.45, 2.75) is 5.37 Å². The van der Waals surface area contributed by atoms with Crippen LogP contribution in [0.15, 0.2) is 15.9 Å². The lowest BCUT2D eigenvalue weighted by atomic mass is 10.4. The fraction of sp³-hybridized carbons (Fsp3) is 0.400. The largest absolute Gasteiger partial charge is 0.358 e. The molecule has 17 heavy (non-hydrogen) atoms. The number of rotatable bonds is 3. The van der Waals surface area contributed by atoms with Crippen molar-refractivity contribution in [2.75, 3.05) is 19.3 Å². The zero-order valence-corrected chi connectivity index (χ0v) is 12.3. The summed E-state index contributed by atoms with van der Waals surface area (Å²) in [5.41, 5.74) is 0. The van der Waals surface area contributed by atoms with Gasteiger partial charge in [-0.15, -0.1) is 23.1 Å². The van der Waals surface area contributed by atoms with Crippen LogP contribution in [0.5, 0.6) is 0 Å². The number of hydrogen-bond acceptors (Lipinski definition) is 4. The molecule has 7 heteroatoms. The molecule has 1 fully saturated rings. The lowest BCUT2D eigenvalue weighted by Crippen LogP contribution is -2.37. The summed E-state index contributed by atoms with van der Waals surface area (Å²) >= 11 is 6.56. The first kappa shape index (κ1) is 12.9. The minimum atomic E-state index is -0.138. The van der Waals surface area contributed by atoms with E-state index in [0.717, 1.165) is 8.66 Å². The molecule has 0 saturated carbocycles. The van der Waals surface area contributed by atoms with Gasteiger partial charge in [0.15, 0.2) is 0 Å². The van der Waals surface area contributed by atoms with Gasteiger partial charge in [-0.2, -0.15) is 0 Å². The molecule has 2 rings (SSSR count). The van der Waals surface area contributed by atoms with Crippen LogP contribution in [0.1, 0.15) is 10.3 Å². The number of thiophene rings is 1. The van der Waals surface area contributed by atoms with Crippen LogP contribution in [0, 0.1) is 0 Å². The monoisotopic (exact) mass is 334 g/mol. The lowest BCUT2D eigenvalue weighted by Gasteiger charge is -2.21. The van der Waals surface area contributed by atoms with Gasteiger partial charge in [0, 0.05) is 11.9 Å². The highest BCUT2D eigenvalue weighted by atomic mass is 79.9. The first-order valence-electron chi connectivity index (χ1n) is 4.98. The van der Waals surface area contributed by atoms with Crippen molar-refractivity contribution in [3.8, 4) is 0 Å². The quantitative estimate of drug-likeness (QED) is 0.917. The maximum Gasteiger partial charge on any atom is 0.239 e. The smallest absolute Gasteiger partial charge is 0.239 e. The van der Waals surface area contributed by atoms with E-state index in [9.17, 15) is 9.59 Å². The zero-order chi connectivity index (χ0) is 12.4. The van der Waals surface area contributed by atoms with Crippen molar-refractivity contribution in [1.29, 1.82) is 0 Å². The Kier molecular flexibility index (Phi) is 4.11. The van der Waals surface area contributed by atoms with E-state index in [4.69, 9.17) is 0 Å². The van der Waals surface area contributed by atoms with Gasteiger partial charge in [-0.1, -0.05) is 0 Å². The third kappa shape index (κ3) is 2.83. The van der Waals surface area contributed by atoms with Gasteiger partial charge in [0.1, 0.15) is 11.9 Å². The molecule has 1 aliphatic heterocycles. The minimum Gasteiger partial charge on any atom is -0.358 e. The number of nitrogens with one attached hydrogen (secondary N) is 1. The Hall–Kier alpha value is -0.530. The normalized spacial score (nSPS) is 19.8. The molecule has 0 aliphatic carbocycles. The Bertz CT molecular complexity index is 449. The number of carbonyl (C=O) groups is 2. The highest BCUT2D eigenvalue weighted by molar-refractivity contribution is 9.11. The third-order valence-corrected chi connectivity index (χ3v) is 5.46. The van der Waals surface area contributed by atoms with Crippen LogP contribution < -0.4 is 5.32 Å². The van der Waals surface area contributed by atoms with Gasteiger partial charge in [0.25, 0.3) is 0 Å². The molecule has 1 atom stereocenters. The number of amides is 2. The maximum absolute atomic E-state index is 11.7. The fourth-order valence-electron chi connectivity index (χ4n) is 1.56. The highest BCUT2D eigenvalue weighted by Gasteiger charge is 2.34. The summed E-state index contributed by atoms with van der Waals surface area (Å²) in [7, 11) is 1.58. The van der Waals surface area contributed by atoms with Crippen LogP contribution in [-0.4, -0.2) is 36.1 Å². The van der Waals surface area contributed by atoms with Crippen molar-refractivity contribution in [2.24, 2.45) is 0 Å². The molecule has 1 unspecified atom stereocenters. The van der Waals surface area contributed by atoms with E-state index < -0.39 is 0 Å². The molecule has 1 aromatic heterocycles. The van der Waals surface area contributed by atoms with Crippen LogP contribution in [0.25, 0.3) is 0 Å². The molecule has 2 amide bonds. The van der Waals surface area contributed by atoms with Crippen LogP contribution >= 0.6 is 39.0 Å². The predicted octanol–water partition coefficient (Wildman–Crippen LogP) is 1.83.